The van der Waals surface area contributed by atoms with Crippen LogP contribution in [0.15, 0.2) is 54.9 Å². The molecule has 0 atom stereocenters. The van der Waals surface area contributed by atoms with Crippen molar-refractivity contribution >= 4 is 17.4 Å². The van der Waals surface area contributed by atoms with Gasteiger partial charge in [0.05, 0.1) is 12.4 Å². The Morgan fingerprint density at radius 1 is 1.04 bits per heavy atom. The van der Waals surface area contributed by atoms with Crippen LogP contribution in [0.3, 0.4) is 0 Å². The lowest BCUT2D eigenvalue weighted by Crippen LogP contribution is -2.24. The maximum atomic E-state index is 13.6. The summed E-state index contributed by atoms with van der Waals surface area (Å²) in [6.07, 6.45) is 3.82. The molecule has 1 aromatic heterocycles. The summed E-state index contributed by atoms with van der Waals surface area (Å²) in [4.78, 5) is 20.6. The second-order valence-electron chi connectivity index (χ2n) is 6.15. The number of hydrogen-bond donors (Lipinski definition) is 2. The number of aryl methyl sites for hydroxylation is 2. The van der Waals surface area contributed by atoms with Gasteiger partial charge in [-0.3, -0.25) is 4.79 Å². The highest BCUT2D eigenvalue weighted by Crippen LogP contribution is 2.24. The second kappa shape index (κ2) is 8.40. The van der Waals surface area contributed by atoms with Crippen LogP contribution < -0.4 is 10.6 Å². The van der Waals surface area contributed by atoms with Gasteiger partial charge in [0.15, 0.2) is 0 Å². The largest absolute Gasteiger partial charge is 0.346 e. The van der Waals surface area contributed by atoms with Crippen LogP contribution >= 0.6 is 0 Å². The molecule has 0 saturated heterocycles. The summed E-state index contributed by atoms with van der Waals surface area (Å²) >= 11 is 0. The predicted octanol–water partition coefficient (Wildman–Crippen LogP) is 4.16. The van der Waals surface area contributed by atoms with E-state index in [1.165, 1.54) is 24.0 Å². The second-order valence-corrected chi connectivity index (χ2v) is 6.15. The van der Waals surface area contributed by atoms with Crippen molar-refractivity contribution in [2.24, 2.45) is 0 Å². The van der Waals surface area contributed by atoms with E-state index in [1.54, 1.807) is 18.2 Å². The van der Waals surface area contributed by atoms with Gasteiger partial charge >= 0.3 is 0 Å². The van der Waals surface area contributed by atoms with Gasteiger partial charge in [-0.15, -0.1) is 0 Å². The molecule has 6 heteroatoms. The molecule has 3 rings (SSSR count). The summed E-state index contributed by atoms with van der Waals surface area (Å²) < 4.78 is 13.6. The first-order valence-electron chi connectivity index (χ1n) is 8.77. The molecule has 3 aromatic rings. The number of carbonyl (C=O) groups is 1. The minimum atomic E-state index is -0.401. The maximum Gasteiger partial charge on any atom is 0.271 e. The Morgan fingerprint density at radius 2 is 1.81 bits per heavy atom. The molecule has 2 N–H and O–H groups in total. The lowest BCUT2D eigenvalue weighted by molar-refractivity contribution is 0.0945. The number of halogens is 1. The van der Waals surface area contributed by atoms with E-state index < -0.39 is 5.91 Å². The minimum absolute atomic E-state index is 0.0935. The first-order chi connectivity index (χ1) is 13.1. The van der Waals surface area contributed by atoms with Crippen LogP contribution in [0.25, 0.3) is 0 Å². The summed E-state index contributed by atoms with van der Waals surface area (Å²) in [5.41, 5.74) is 3.90. The molecule has 1 amide bonds. The molecule has 0 aliphatic heterocycles. The summed E-state index contributed by atoms with van der Waals surface area (Å²) in [5, 5.41) is 5.92. The maximum absolute atomic E-state index is 13.6. The SMILES string of the molecule is CCc1cccc(C)c1Nc1cnc(C(=O)NCc2ccccc2F)cn1. The van der Waals surface area contributed by atoms with E-state index in [-0.39, 0.29) is 18.1 Å². The zero-order valence-electron chi connectivity index (χ0n) is 15.3. The van der Waals surface area contributed by atoms with Crippen molar-refractivity contribution in [3.63, 3.8) is 0 Å². The molecule has 0 fully saturated rings. The highest BCUT2D eigenvalue weighted by Gasteiger charge is 2.10. The van der Waals surface area contributed by atoms with Crippen LogP contribution in [0.5, 0.6) is 0 Å². The molecule has 0 aliphatic carbocycles. The van der Waals surface area contributed by atoms with Crippen molar-refractivity contribution in [3.05, 3.63) is 83.1 Å². The van der Waals surface area contributed by atoms with Crippen LogP contribution in [0, 0.1) is 12.7 Å². The molecule has 0 radical (unpaired) electrons. The molecule has 0 bridgehead atoms. The topological polar surface area (TPSA) is 66.9 Å². The normalized spacial score (nSPS) is 10.5. The molecular formula is C21H21FN4O. The number of anilines is 2. The van der Waals surface area contributed by atoms with E-state index in [9.17, 15) is 9.18 Å². The zero-order valence-corrected chi connectivity index (χ0v) is 15.3. The third kappa shape index (κ3) is 4.47. The van der Waals surface area contributed by atoms with E-state index in [1.807, 2.05) is 19.1 Å². The Morgan fingerprint density at radius 3 is 2.52 bits per heavy atom. The van der Waals surface area contributed by atoms with Crippen molar-refractivity contribution in [1.29, 1.82) is 0 Å². The van der Waals surface area contributed by atoms with Gasteiger partial charge in [-0.2, -0.15) is 0 Å². The van der Waals surface area contributed by atoms with Crippen LogP contribution in [0.1, 0.15) is 34.1 Å². The average Bonchev–Trinajstić information content (AvgIpc) is 2.69. The fourth-order valence-corrected chi connectivity index (χ4v) is 2.75. The van der Waals surface area contributed by atoms with Gasteiger partial charge in [-0.05, 0) is 30.5 Å². The van der Waals surface area contributed by atoms with Crippen molar-refractivity contribution < 1.29 is 9.18 Å². The Hall–Kier alpha value is -3.28. The van der Waals surface area contributed by atoms with E-state index in [2.05, 4.69) is 33.6 Å². The van der Waals surface area contributed by atoms with Gasteiger partial charge in [0, 0.05) is 17.8 Å². The van der Waals surface area contributed by atoms with Crippen LogP contribution in [0.4, 0.5) is 15.9 Å². The summed E-state index contributed by atoms with van der Waals surface area (Å²) in [5.74, 6) is -0.194. The number of rotatable bonds is 6. The first-order valence-corrected chi connectivity index (χ1v) is 8.77. The zero-order chi connectivity index (χ0) is 19.2. The monoisotopic (exact) mass is 364 g/mol. The number of amides is 1. The Kier molecular flexibility index (Phi) is 5.76. The molecule has 0 unspecified atom stereocenters. The fourth-order valence-electron chi connectivity index (χ4n) is 2.75. The number of hydrogen-bond acceptors (Lipinski definition) is 4. The van der Waals surface area contributed by atoms with Crippen molar-refractivity contribution in [1.82, 2.24) is 15.3 Å². The molecule has 2 aromatic carbocycles. The number of nitrogens with zero attached hydrogens (tertiary/aromatic N) is 2. The lowest BCUT2D eigenvalue weighted by atomic mass is 10.1. The average molecular weight is 364 g/mol. The number of para-hydroxylation sites is 1. The molecule has 0 spiro atoms. The number of carbonyl (C=O) groups excluding carboxylic acids is 1. The van der Waals surface area contributed by atoms with Crippen molar-refractivity contribution in [2.45, 2.75) is 26.8 Å². The van der Waals surface area contributed by atoms with E-state index in [0.29, 0.717) is 11.4 Å². The molecular weight excluding hydrogens is 343 g/mol. The molecule has 0 saturated carbocycles. The molecule has 5 nitrogen and oxygen atoms in total. The highest BCUT2D eigenvalue weighted by molar-refractivity contribution is 5.92. The van der Waals surface area contributed by atoms with Gasteiger partial charge in [0.25, 0.3) is 5.91 Å². The van der Waals surface area contributed by atoms with E-state index in [0.717, 1.165) is 17.7 Å². The van der Waals surface area contributed by atoms with Gasteiger partial charge in [0.1, 0.15) is 17.3 Å². The van der Waals surface area contributed by atoms with Crippen LogP contribution in [-0.2, 0) is 13.0 Å². The quantitative estimate of drug-likeness (QED) is 0.689. The standard InChI is InChI=1S/C21H21FN4O/c1-3-15-9-6-7-14(2)20(15)26-19-13-23-18(12-24-19)21(27)25-11-16-8-4-5-10-17(16)22/h4-10,12-13H,3,11H2,1-2H3,(H,24,26)(H,25,27). The predicted molar refractivity (Wildman–Crippen MR) is 103 cm³/mol. The first kappa shape index (κ1) is 18.5. The summed E-state index contributed by atoms with van der Waals surface area (Å²) in [7, 11) is 0. The Bertz CT molecular complexity index is 941. The van der Waals surface area contributed by atoms with Gasteiger partial charge < -0.3 is 10.6 Å². The molecule has 1 heterocycles. The highest BCUT2D eigenvalue weighted by atomic mass is 19.1. The van der Waals surface area contributed by atoms with Crippen molar-refractivity contribution in [3.8, 4) is 0 Å². The molecule has 27 heavy (non-hydrogen) atoms. The molecule has 138 valence electrons. The Labute approximate surface area is 157 Å². The van der Waals surface area contributed by atoms with Gasteiger partial charge in [0.2, 0.25) is 0 Å². The number of nitrogens with one attached hydrogen (secondary N) is 2. The summed E-state index contributed by atoms with van der Waals surface area (Å²) in [6, 6.07) is 12.4. The molecule has 0 aliphatic rings. The van der Waals surface area contributed by atoms with Gasteiger partial charge in [-0.1, -0.05) is 43.3 Å². The van der Waals surface area contributed by atoms with Crippen LogP contribution in [-0.4, -0.2) is 15.9 Å². The smallest absolute Gasteiger partial charge is 0.271 e. The fraction of sp³-hybridized carbons (Fsp3) is 0.190. The number of benzene rings is 2. The van der Waals surface area contributed by atoms with E-state index in [4.69, 9.17) is 0 Å². The van der Waals surface area contributed by atoms with Crippen LogP contribution in [0.2, 0.25) is 0 Å². The third-order valence-corrected chi connectivity index (χ3v) is 4.27. The van der Waals surface area contributed by atoms with Gasteiger partial charge in [-0.25, -0.2) is 14.4 Å². The minimum Gasteiger partial charge on any atom is -0.346 e. The lowest BCUT2D eigenvalue weighted by Gasteiger charge is -2.13. The Balaban J connectivity index is 1.67. The number of aromatic nitrogens is 2. The van der Waals surface area contributed by atoms with E-state index >= 15 is 0 Å². The third-order valence-electron chi connectivity index (χ3n) is 4.27. The summed E-state index contributed by atoms with van der Waals surface area (Å²) in [6.45, 7) is 4.21. The van der Waals surface area contributed by atoms with Crippen molar-refractivity contribution in [2.75, 3.05) is 5.32 Å².